The number of hydrogen-bond donors (Lipinski definition) is 0. The first-order chi connectivity index (χ1) is 10.1. The molecule has 1 aromatic carbocycles. The first kappa shape index (κ1) is 14.1. The predicted octanol–water partition coefficient (Wildman–Crippen LogP) is 3.07. The average Bonchev–Trinajstić information content (AvgIpc) is 2.45. The van der Waals surface area contributed by atoms with Crippen molar-refractivity contribution in [1.29, 1.82) is 0 Å². The van der Waals surface area contributed by atoms with Crippen molar-refractivity contribution in [2.75, 3.05) is 7.11 Å². The summed E-state index contributed by atoms with van der Waals surface area (Å²) in [4.78, 5) is 23.4. The molecule has 3 rings (SSSR count). The zero-order valence-electron chi connectivity index (χ0n) is 12.3. The summed E-state index contributed by atoms with van der Waals surface area (Å²) >= 11 is 0. The fraction of sp³-hybridized carbons (Fsp3) is 0.529. The average molecular weight is 288 g/mol. The standard InChI is InChI=1S/C17H20O4/c1-20-16(19)11-17(8-3-9-17)21-13-6-7-14-12(10-13)4-2-5-15(14)18/h6-7,10H,2-5,8-9,11H2,1H3. The van der Waals surface area contributed by atoms with E-state index in [0.29, 0.717) is 12.8 Å². The summed E-state index contributed by atoms with van der Waals surface area (Å²) in [5.41, 5.74) is 1.47. The molecular weight excluding hydrogens is 268 g/mol. The van der Waals surface area contributed by atoms with E-state index in [4.69, 9.17) is 9.47 Å². The molecule has 2 aliphatic carbocycles. The number of carbonyl (C=O) groups excluding carboxylic acids is 2. The van der Waals surface area contributed by atoms with Gasteiger partial charge in [-0.1, -0.05) is 0 Å². The van der Waals surface area contributed by atoms with Gasteiger partial charge in [0.2, 0.25) is 0 Å². The van der Waals surface area contributed by atoms with Gasteiger partial charge < -0.3 is 9.47 Å². The highest BCUT2D eigenvalue weighted by atomic mass is 16.5. The van der Waals surface area contributed by atoms with Crippen molar-refractivity contribution in [3.05, 3.63) is 29.3 Å². The maximum Gasteiger partial charge on any atom is 0.309 e. The Kier molecular flexibility index (Phi) is 3.70. The summed E-state index contributed by atoms with van der Waals surface area (Å²) in [6, 6.07) is 5.67. The van der Waals surface area contributed by atoms with Crippen LogP contribution >= 0.6 is 0 Å². The van der Waals surface area contributed by atoms with Gasteiger partial charge in [-0.2, -0.15) is 0 Å². The molecule has 0 spiro atoms. The zero-order chi connectivity index (χ0) is 14.9. The number of ether oxygens (including phenoxy) is 2. The molecule has 0 unspecified atom stereocenters. The molecule has 1 fully saturated rings. The molecule has 0 radical (unpaired) electrons. The van der Waals surface area contributed by atoms with E-state index in [-0.39, 0.29) is 11.8 Å². The van der Waals surface area contributed by atoms with Gasteiger partial charge in [0.15, 0.2) is 5.78 Å². The summed E-state index contributed by atoms with van der Waals surface area (Å²) in [5, 5.41) is 0. The SMILES string of the molecule is COC(=O)CC1(Oc2ccc3c(c2)CCCC3=O)CCC1. The fourth-order valence-electron chi connectivity index (χ4n) is 3.16. The molecule has 0 atom stereocenters. The van der Waals surface area contributed by atoms with Crippen LogP contribution in [0.15, 0.2) is 18.2 Å². The minimum Gasteiger partial charge on any atom is -0.487 e. The van der Waals surface area contributed by atoms with Gasteiger partial charge in [-0.3, -0.25) is 9.59 Å². The van der Waals surface area contributed by atoms with E-state index >= 15 is 0 Å². The van der Waals surface area contributed by atoms with E-state index in [9.17, 15) is 9.59 Å². The Balaban J connectivity index is 1.78. The van der Waals surface area contributed by atoms with Gasteiger partial charge in [-0.05, 0) is 55.9 Å². The van der Waals surface area contributed by atoms with Crippen molar-refractivity contribution >= 4 is 11.8 Å². The van der Waals surface area contributed by atoms with Gasteiger partial charge in [0, 0.05) is 12.0 Å². The minimum absolute atomic E-state index is 0.218. The van der Waals surface area contributed by atoms with Crippen LogP contribution in [0.1, 0.15) is 54.4 Å². The number of hydrogen-bond acceptors (Lipinski definition) is 4. The number of fused-ring (bicyclic) bond motifs is 1. The highest BCUT2D eigenvalue weighted by molar-refractivity contribution is 5.98. The van der Waals surface area contributed by atoms with Gasteiger partial charge in [0.25, 0.3) is 0 Å². The van der Waals surface area contributed by atoms with Crippen LogP contribution in [0.2, 0.25) is 0 Å². The molecule has 0 heterocycles. The minimum atomic E-state index is -0.417. The highest BCUT2D eigenvalue weighted by Gasteiger charge is 2.42. The van der Waals surface area contributed by atoms with Crippen molar-refractivity contribution in [2.45, 2.75) is 50.5 Å². The van der Waals surface area contributed by atoms with E-state index in [2.05, 4.69) is 0 Å². The second kappa shape index (κ2) is 5.51. The molecule has 0 bridgehead atoms. The molecule has 4 heteroatoms. The second-order valence-electron chi connectivity index (χ2n) is 5.99. The summed E-state index contributed by atoms with van der Waals surface area (Å²) in [6.07, 6.45) is 5.57. The van der Waals surface area contributed by atoms with Crippen molar-refractivity contribution in [2.24, 2.45) is 0 Å². The number of carbonyl (C=O) groups is 2. The van der Waals surface area contributed by atoms with Gasteiger partial charge in [-0.15, -0.1) is 0 Å². The Labute approximate surface area is 124 Å². The molecule has 1 aromatic rings. The van der Waals surface area contributed by atoms with E-state index in [1.165, 1.54) is 7.11 Å². The Morgan fingerprint density at radius 3 is 2.71 bits per heavy atom. The van der Waals surface area contributed by atoms with Crippen molar-refractivity contribution in [3.8, 4) is 5.75 Å². The number of aryl methyl sites for hydroxylation is 1. The Bertz CT molecular complexity index is 572. The van der Waals surface area contributed by atoms with Crippen LogP contribution in [0.5, 0.6) is 5.75 Å². The Hall–Kier alpha value is -1.84. The number of rotatable bonds is 4. The third-order valence-corrected chi connectivity index (χ3v) is 4.52. The molecule has 0 saturated heterocycles. The van der Waals surface area contributed by atoms with Gasteiger partial charge in [0.05, 0.1) is 13.5 Å². The number of methoxy groups -OCH3 is 1. The Morgan fingerprint density at radius 1 is 1.24 bits per heavy atom. The molecule has 4 nitrogen and oxygen atoms in total. The number of ketones is 1. The van der Waals surface area contributed by atoms with E-state index in [0.717, 1.165) is 49.0 Å². The Morgan fingerprint density at radius 2 is 2.05 bits per heavy atom. The summed E-state index contributed by atoms with van der Waals surface area (Å²) in [7, 11) is 1.40. The third kappa shape index (κ3) is 2.80. The monoisotopic (exact) mass is 288 g/mol. The lowest BCUT2D eigenvalue weighted by Crippen LogP contribution is -2.45. The van der Waals surface area contributed by atoms with Crippen molar-refractivity contribution in [3.63, 3.8) is 0 Å². The number of esters is 1. The van der Waals surface area contributed by atoms with Crippen LogP contribution in [0, 0.1) is 0 Å². The predicted molar refractivity (Wildman–Crippen MR) is 77.6 cm³/mol. The fourth-order valence-corrected chi connectivity index (χ4v) is 3.16. The van der Waals surface area contributed by atoms with Crippen LogP contribution in [0.3, 0.4) is 0 Å². The maximum absolute atomic E-state index is 11.8. The third-order valence-electron chi connectivity index (χ3n) is 4.52. The second-order valence-corrected chi connectivity index (χ2v) is 5.99. The molecule has 0 aromatic heterocycles. The van der Waals surface area contributed by atoms with Crippen LogP contribution in [-0.2, 0) is 16.0 Å². The molecule has 0 N–H and O–H groups in total. The molecular formula is C17H20O4. The van der Waals surface area contributed by atoms with E-state index in [1.807, 2.05) is 18.2 Å². The van der Waals surface area contributed by atoms with Crippen LogP contribution in [0.4, 0.5) is 0 Å². The topological polar surface area (TPSA) is 52.6 Å². The van der Waals surface area contributed by atoms with Gasteiger partial charge in [-0.25, -0.2) is 0 Å². The zero-order valence-corrected chi connectivity index (χ0v) is 12.3. The molecule has 1 saturated carbocycles. The van der Waals surface area contributed by atoms with E-state index < -0.39 is 5.60 Å². The van der Waals surface area contributed by atoms with Crippen molar-refractivity contribution < 1.29 is 19.1 Å². The largest absolute Gasteiger partial charge is 0.487 e. The number of Topliss-reactive ketones (excluding diaryl/α,β-unsaturated/α-hetero) is 1. The molecule has 2 aliphatic rings. The lowest BCUT2D eigenvalue weighted by atomic mass is 9.77. The summed E-state index contributed by atoms with van der Waals surface area (Å²) in [6.45, 7) is 0. The lowest BCUT2D eigenvalue weighted by Gasteiger charge is -2.41. The van der Waals surface area contributed by atoms with Gasteiger partial charge >= 0.3 is 5.97 Å². The quantitative estimate of drug-likeness (QED) is 0.799. The lowest BCUT2D eigenvalue weighted by molar-refractivity contribution is -0.148. The smallest absolute Gasteiger partial charge is 0.309 e. The normalized spacial score (nSPS) is 19.4. The first-order valence-electron chi connectivity index (χ1n) is 7.54. The highest BCUT2D eigenvalue weighted by Crippen LogP contribution is 2.40. The van der Waals surface area contributed by atoms with Crippen LogP contribution < -0.4 is 4.74 Å². The molecule has 0 aliphatic heterocycles. The maximum atomic E-state index is 11.8. The van der Waals surface area contributed by atoms with Crippen LogP contribution in [-0.4, -0.2) is 24.5 Å². The van der Waals surface area contributed by atoms with Crippen molar-refractivity contribution in [1.82, 2.24) is 0 Å². The molecule has 112 valence electrons. The van der Waals surface area contributed by atoms with Crippen LogP contribution in [0.25, 0.3) is 0 Å². The molecule has 21 heavy (non-hydrogen) atoms. The summed E-state index contributed by atoms with van der Waals surface area (Å²) < 4.78 is 10.9. The molecule has 0 amide bonds. The number of benzene rings is 1. The first-order valence-corrected chi connectivity index (χ1v) is 7.54. The van der Waals surface area contributed by atoms with Gasteiger partial charge in [0.1, 0.15) is 11.4 Å². The van der Waals surface area contributed by atoms with E-state index in [1.54, 1.807) is 0 Å². The summed E-state index contributed by atoms with van der Waals surface area (Å²) in [5.74, 6) is 0.741.